The average Bonchev–Trinajstić information content (AvgIpc) is 2.47. The molecule has 0 unspecified atom stereocenters. The number of nitro groups is 1. The number of rotatable bonds is 5. The fraction of sp³-hybridized carbons (Fsp3) is 0.143. The lowest BCUT2D eigenvalue weighted by Crippen LogP contribution is -2.09. The number of benzene rings is 1. The molecule has 1 heterocycles. The number of hydrogen-bond donors (Lipinski definition) is 1. The predicted octanol–water partition coefficient (Wildman–Crippen LogP) is 3.26. The number of anilines is 2. The van der Waals surface area contributed by atoms with Gasteiger partial charge in [0.1, 0.15) is 12.0 Å². The van der Waals surface area contributed by atoms with Crippen molar-refractivity contribution in [1.82, 2.24) is 4.98 Å². The van der Waals surface area contributed by atoms with Crippen molar-refractivity contribution in [3.05, 3.63) is 56.7 Å². The Bertz CT molecular complexity index is 701. The van der Waals surface area contributed by atoms with Gasteiger partial charge >= 0.3 is 0 Å². The van der Waals surface area contributed by atoms with Crippen LogP contribution in [0.15, 0.2) is 46.1 Å². The average molecular weight is 364 g/mol. The van der Waals surface area contributed by atoms with Gasteiger partial charge in [-0.2, -0.15) is 5.10 Å². The summed E-state index contributed by atoms with van der Waals surface area (Å²) in [4.78, 5) is 15.9. The summed E-state index contributed by atoms with van der Waals surface area (Å²) in [6, 6.07) is 8.74. The maximum atomic E-state index is 10.5. The molecule has 0 aliphatic carbocycles. The highest BCUT2D eigenvalue weighted by atomic mass is 79.9. The van der Waals surface area contributed by atoms with Crippen molar-refractivity contribution >= 4 is 39.3 Å². The molecule has 1 N–H and O–H groups in total. The van der Waals surface area contributed by atoms with E-state index in [2.05, 4.69) is 31.4 Å². The van der Waals surface area contributed by atoms with E-state index in [0.29, 0.717) is 5.82 Å². The monoisotopic (exact) mass is 363 g/mol. The van der Waals surface area contributed by atoms with E-state index in [1.54, 1.807) is 6.21 Å². The van der Waals surface area contributed by atoms with Crippen molar-refractivity contribution in [2.24, 2.45) is 5.10 Å². The van der Waals surface area contributed by atoms with E-state index < -0.39 is 4.92 Å². The third kappa shape index (κ3) is 4.01. The molecule has 0 radical (unpaired) electrons. The summed E-state index contributed by atoms with van der Waals surface area (Å²) in [6.07, 6.45) is 2.83. The zero-order chi connectivity index (χ0) is 16.1. The van der Waals surface area contributed by atoms with Crippen LogP contribution in [0.25, 0.3) is 0 Å². The van der Waals surface area contributed by atoms with E-state index in [0.717, 1.165) is 15.7 Å². The first kappa shape index (κ1) is 15.9. The molecule has 0 fully saturated rings. The number of nitrogens with one attached hydrogen (secondary N) is 1. The van der Waals surface area contributed by atoms with E-state index in [4.69, 9.17) is 0 Å². The first-order valence-electron chi connectivity index (χ1n) is 6.34. The number of nitrogens with zero attached hydrogens (tertiary/aromatic N) is 4. The molecule has 0 bridgehead atoms. The third-order valence-electron chi connectivity index (χ3n) is 2.80. The van der Waals surface area contributed by atoms with Crippen LogP contribution in [0.4, 0.5) is 17.2 Å². The maximum absolute atomic E-state index is 10.5. The fourth-order valence-corrected chi connectivity index (χ4v) is 2.45. The molecule has 2 rings (SSSR count). The summed E-state index contributed by atoms with van der Waals surface area (Å²) in [7, 11) is 3.94. The minimum atomic E-state index is -0.496. The van der Waals surface area contributed by atoms with Crippen LogP contribution in [0.5, 0.6) is 0 Å². The van der Waals surface area contributed by atoms with Gasteiger partial charge in [-0.25, -0.2) is 4.98 Å². The van der Waals surface area contributed by atoms with Gasteiger partial charge in [0.2, 0.25) is 0 Å². The Labute approximate surface area is 135 Å². The summed E-state index contributed by atoms with van der Waals surface area (Å²) in [5.74, 6) is 0.436. The third-order valence-corrected chi connectivity index (χ3v) is 3.44. The highest BCUT2D eigenvalue weighted by molar-refractivity contribution is 9.10. The van der Waals surface area contributed by atoms with Crippen molar-refractivity contribution in [2.45, 2.75) is 0 Å². The summed E-state index contributed by atoms with van der Waals surface area (Å²) in [5, 5.41) is 14.6. The molecule has 0 amide bonds. The van der Waals surface area contributed by atoms with Crippen LogP contribution < -0.4 is 10.3 Å². The second kappa shape index (κ2) is 6.99. The van der Waals surface area contributed by atoms with Gasteiger partial charge in [0, 0.05) is 24.6 Å². The van der Waals surface area contributed by atoms with Gasteiger partial charge in [-0.05, 0) is 39.7 Å². The summed E-state index contributed by atoms with van der Waals surface area (Å²) < 4.78 is 0.968. The Hall–Kier alpha value is -2.48. The van der Waals surface area contributed by atoms with Gasteiger partial charge in [-0.1, -0.05) is 6.07 Å². The smallest absolute Gasteiger partial charge is 0.287 e. The predicted molar refractivity (Wildman–Crippen MR) is 90.6 cm³/mol. The lowest BCUT2D eigenvalue weighted by atomic mass is 10.2. The molecular formula is C14H14BrN5O2. The Morgan fingerprint density at radius 2 is 2.14 bits per heavy atom. The van der Waals surface area contributed by atoms with E-state index in [-0.39, 0.29) is 5.69 Å². The SMILES string of the molecule is CN(C)c1ccc(/C=N\Nc2ccc([N+](=O)[O-])cn2)cc1Br. The van der Waals surface area contributed by atoms with Crippen LogP contribution >= 0.6 is 15.9 Å². The second-order valence-corrected chi connectivity index (χ2v) is 5.49. The van der Waals surface area contributed by atoms with Crippen molar-refractivity contribution < 1.29 is 4.92 Å². The molecule has 8 heteroatoms. The first-order chi connectivity index (χ1) is 10.5. The summed E-state index contributed by atoms with van der Waals surface area (Å²) >= 11 is 3.51. The molecule has 0 aliphatic rings. The molecule has 0 spiro atoms. The minimum Gasteiger partial charge on any atom is -0.377 e. The molecule has 0 saturated carbocycles. The van der Waals surface area contributed by atoms with E-state index >= 15 is 0 Å². The molecule has 1 aromatic carbocycles. The van der Waals surface area contributed by atoms with Gasteiger partial charge in [0.15, 0.2) is 0 Å². The lowest BCUT2D eigenvalue weighted by Gasteiger charge is -2.14. The van der Waals surface area contributed by atoms with Crippen LogP contribution in [0.1, 0.15) is 5.56 Å². The quantitative estimate of drug-likeness (QED) is 0.500. The van der Waals surface area contributed by atoms with Crippen molar-refractivity contribution in [2.75, 3.05) is 24.4 Å². The fourth-order valence-electron chi connectivity index (χ4n) is 1.70. The van der Waals surface area contributed by atoms with Gasteiger partial charge in [-0.15, -0.1) is 0 Å². The zero-order valence-electron chi connectivity index (χ0n) is 12.0. The zero-order valence-corrected chi connectivity index (χ0v) is 13.6. The van der Waals surface area contributed by atoms with Gasteiger partial charge in [0.25, 0.3) is 5.69 Å². The number of halogens is 1. The number of pyridine rings is 1. The summed E-state index contributed by atoms with van der Waals surface area (Å²) in [6.45, 7) is 0. The highest BCUT2D eigenvalue weighted by Crippen LogP contribution is 2.25. The molecule has 0 atom stereocenters. The molecule has 0 saturated heterocycles. The summed E-state index contributed by atoms with van der Waals surface area (Å²) in [5.41, 5.74) is 4.65. The second-order valence-electron chi connectivity index (χ2n) is 4.63. The normalized spacial score (nSPS) is 10.7. The van der Waals surface area contributed by atoms with E-state index in [1.807, 2.05) is 37.2 Å². The van der Waals surface area contributed by atoms with Crippen molar-refractivity contribution in [1.29, 1.82) is 0 Å². The van der Waals surface area contributed by atoms with Crippen LogP contribution in [-0.2, 0) is 0 Å². The minimum absolute atomic E-state index is 0.0577. The van der Waals surface area contributed by atoms with Gasteiger partial charge in [-0.3, -0.25) is 15.5 Å². The molecule has 114 valence electrons. The Balaban J connectivity index is 2.03. The van der Waals surface area contributed by atoms with Crippen molar-refractivity contribution in [3.63, 3.8) is 0 Å². The van der Waals surface area contributed by atoms with E-state index in [9.17, 15) is 10.1 Å². The Morgan fingerprint density at radius 1 is 1.36 bits per heavy atom. The maximum Gasteiger partial charge on any atom is 0.287 e. The molecule has 2 aromatic rings. The van der Waals surface area contributed by atoms with Crippen LogP contribution in [-0.4, -0.2) is 30.2 Å². The van der Waals surface area contributed by atoms with Crippen LogP contribution in [0.2, 0.25) is 0 Å². The van der Waals surface area contributed by atoms with E-state index in [1.165, 1.54) is 18.3 Å². The molecule has 22 heavy (non-hydrogen) atoms. The van der Waals surface area contributed by atoms with Crippen molar-refractivity contribution in [3.8, 4) is 0 Å². The Kier molecular flexibility index (Phi) is 5.05. The molecule has 0 aliphatic heterocycles. The van der Waals surface area contributed by atoms with Gasteiger partial charge in [0.05, 0.1) is 16.8 Å². The Morgan fingerprint density at radius 3 is 2.68 bits per heavy atom. The highest BCUT2D eigenvalue weighted by Gasteiger charge is 2.04. The standard InChI is InChI=1S/C14H14BrN5O2/c1-19(2)13-5-3-10(7-12(13)15)8-17-18-14-6-4-11(9-16-14)20(21)22/h3-9H,1-2H3,(H,16,18)/b17-8-. The molecule has 7 nitrogen and oxygen atoms in total. The first-order valence-corrected chi connectivity index (χ1v) is 7.13. The topological polar surface area (TPSA) is 83.7 Å². The van der Waals surface area contributed by atoms with Crippen LogP contribution in [0, 0.1) is 10.1 Å². The number of hydrogen-bond acceptors (Lipinski definition) is 6. The molecular weight excluding hydrogens is 350 g/mol. The largest absolute Gasteiger partial charge is 0.377 e. The van der Waals surface area contributed by atoms with Crippen LogP contribution in [0.3, 0.4) is 0 Å². The number of aromatic nitrogens is 1. The molecule has 1 aromatic heterocycles. The number of hydrazone groups is 1. The van der Waals surface area contributed by atoms with Gasteiger partial charge < -0.3 is 4.90 Å². The lowest BCUT2D eigenvalue weighted by molar-refractivity contribution is -0.385.